The molecule has 1 N–H and O–H groups in total. The second kappa shape index (κ2) is 9.55. The quantitative estimate of drug-likeness (QED) is 0.484. The van der Waals surface area contributed by atoms with Gasteiger partial charge in [0, 0.05) is 6.54 Å². The van der Waals surface area contributed by atoms with Gasteiger partial charge in [-0.05, 0) is 25.0 Å². The van der Waals surface area contributed by atoms with Gasteiger partial charge in [-0.15, -0.1) is 0 Å². The Labute approximate surface area is 132 Å². The molecular formula is C11H18LiNO5S2. The van der Waals surface area contributed by atoms with Gasteiger partial charge in [-0.1, -0.05) is 24.3 Å². The summed E-state index contributed by atoms with van der Waals surface area (Å²) in [5.41, 5.74) is 2.74. The van der Waals surface area contributed by atoms with Crippen LogP contribution < -0.4 is 23.6 Å². The molecule has 9 heteroatoms. The molecule has 0 saturated carbocycles. The predicted molar refractivity (Wildman–Crippen MR) is 73.3 cm³/mol. The van der Waals surface area contributed by atoms with Crippen LogP contribution in [0.3, 0.4) is 0 Å². The molecule has 0 amide bonds. The zero-order valence-corrected chi connectivity index (χ0v) is 13.7. The SMILES string of the molecule is CS(=O)(=O)NCCS(=O)(=O)[O-].Cc1ccccc1C.[Li+]. The number of aryl methyl sites for hydroxylation is 2. The number of nitrogens with one attached hydrogen (secondary N) is 1. The first kappa shape index (κ1) is 21.9. The van der Waals surface area contributed by atoms with E-state index in [-0.39, 0.29) is 25.4 Å². The van der Waals surface area contributed by atoms with Crippen molar-refractivity contribution in [1.29, 1.82) is 0 Å². The Bertz CT molecular complexity index is 546. The molecule has 0 saturated heterocycles. The third kappa shape index (κ3) is 14.1. The van der Waals surface area contributed by atoms with Crippen LogP contribution in [0, 0.1) is 13.8 Å². The van der Waals surface area contributed by atoms with Crippen molar-refractivity contribution in [2.45, 2.75) is 13.8 Å². The fourth-order valence-corrected chi connectivity index (χ4v) is 1.97. The molecule has 0 unspecified atom stereocenters. The van der Waals surface area contributed by atoms with Crippen LogP contribution >= 0.6 is 0 Å². The Hall–Kier alpha value is -0.363. The molecule has 0 fully saturated rings. The molecule has 1 aromatic rings. The van der Waals surface area contributed by atoms with Crippen LogP contribution in [0.1, 0.15) is 11.1 Å². The smallest absolute Gasteiger partial charge is 0.748 e. The van der Waals surface area contributed by atoms with Gasteiger partial charge in [-0.25, -0.2) is 21.6 Å². The Morgan fingerprint density at radius 1 is 1.05 bits per heavy atom. The molecule has 0 bridgehead atoms. The predicted octanol–water partition coefficient (Wildman–Crippen LogP) is -2.61. The van der Waals surface area contributed by atoms with Crippen molar-refractivity contribution in [2.75, 3.05) is 18.6 Å². The number of sulfonamides is 1. The first-order chi connectivity index (χ1) is 8.51. The molecule has 1 aromatic carbocycles. The molecule has 20 heavy (non-hydrogen) atoms. The summed E-state index contributed by atoms with van der Waals surface area (Å²) in [4.78, 5) is 0. The summed E-state index contributed by atoms with van der Waals surface area (Å²) >= 11 is 0. The van der Waals surface area contributed by atoms with Crippen molar-refractivity contribution in [2.24, 2.45) is 0 Å². The molecule has 6 nitrogen and oxygen atoms in total. The minimum atomic E-state index is -4.32. The average molecular weight is 315 g/mol. The standard InChI is InChI=1S/C8H10.C3H9NO5S2.Li/c1-7-5-3-4-6-8(7)2;1-10(5,6)4-2-3-11(7,8)9;/h3-6H,1-2H3;4H,2-3H2,1H3,(H,7,8,9);/q;;+1/p-1. The number of hydrogen-bond donors (Lipinski definition) is 1. The minimum absolute atomic E-state index is 0. The van der Waals surface area contributed by atoms with Gasteiger partial charge in [0.25, 0.3) is 0 Å². The van der Waals surface area contributed by atoms with Crippen LogP contribution in [0.5, 0.6) is 0 Å². The van der Waals surface area contributed by atoms with E-state index in [1.165, 1.54) is 11.1 Å². The zero-order chi connectivity index (χ0) is 15.1. The normalized spacial score (nSPS) is 11.0. The zero-order valence-electron chi connectivity index (χ0n) is 12.1. The van der Waals surface area contributed by atoms with Gasteiger partial charge < -0.3 is 4.55 Å². The van der Waals surface area contributed by atoms with Gasteiger partial charge >= 0.3 is 18.9 Å². The number of benzene rings is 1. The first-order valence-electron chi connectivity index (χ1n) is 5.42. The molecule has 0 atom stereocenters. The summed E-state index contributed by atoms with van der Waals surface area (Å²) in [6.45, 7) is 3.87. The molecule has 0 radical (unpaired) electrons. The van der Waals surface area contributed by atoms with Crippen molar-refractivity contribution in [3.05, 3.63) is 35.4 Å². The summed E-state index contributed by atoms with van der Waals surface area (Å²) in [5.74, 6) is -0.722. The van der Waals surface area contributed by atoms with Crippen LogP contribution in [-0.2, 0) is 20.1 Å². The Kier molecular flexibility index (Phi) is 10.5. The van der Waals surface area contributed by atoms with E-state index in [2.05, 4.69) is 38.1 Å². The van der Waals surface area contributed by atoms with E-state index < -0.39 is 25.9 Å². The molecule has 110 valence electrons. The van der Waals surface area contributed by atoms with Crippen molar-refractivity contribution in [3.63, 3.8) is 0 Å². The molecule has 0 spiro atoms. The van der Waals surface area contributed by atoms with Crippen molar-refractivity contribution < 1.29 is 40.2 Å². The van der Waals surface area contributed by atoms with Crippen LogP contribution in [0.25, 0.3) is 0 Å². The summed E-state index contributed by atoms with van der Waals surface area (Å²) < 4.78 is 52.3. The molecule has 0 heterocycles. The monoisotopic (exact) mass is 315 g/mol. The molecule has 0 aromatic heterocycles. The van der Waals surface area contributed by atoms with E-state index in [0.717, 1.165) is 6.26 Å². The molecule has 1 rings (SSSR count). The van der Waals surface area contributed by atoms with Gasteiger partial charge in [0.2, 0.25) is 10.0 Å². The van der Waals surface area contributed by atoms with Gasteiger partial charge in [-0.2, -0.15) is 0 Å². The maximum absolute atomic E-state index is 10.3. The maximum Gasteiger partial charge on any atom is 1.00 e. The van der Waals surface area contributed by atoms with Crippen LogP contribution in [0.15, 0.2) is 24.3 Å². The fraction of sp³-hybridized carbons (Fsp3) is 0.455. The molecule has 0 aliphatic rings. The maximum atomic E-state index is 10.3. The summed E-state index contributed by atoms with van der Waals surface area (Å²) in [7, 11) is -7.72. The van der Waals surface area contributed by atoms with Gasteiger partial charge in [0.15, 0.2) is 0 Å². The van der Waals surface area contributed by atoms with E-state index in [4.69, 9.17) is 0 Å². The first-order valence-corrected chi connectivity index (χ1v) is 8.88. The van der Waals surface area contributed by atoms with Crippen LogP contribution in [0.4, 0.5) is 0 Å². The van der Waals surface area contributed by atoms with Crippen molar-refractivity contribution >= 4 is 20.1 Å². The Morgan fingerprint density at radius 3 is 1.70 bits per heavy atom. The van der Waals surface area contributed by atoms with E-state index in [1.54, 1.807) is 0 Å². The molecule has 0 aliphatic carbocycles. The molecule has 0 aliphatic heterocycles. The van der Waals surface area contributed by atoms with E-state index in [0.29, 0.717) is 0 Å². The van der Waals surface area contributed by atoms with Crippen molar-refractivity contribution in [3.8, 4) is 0 Å². The van der Waals surface area contributed by atoms with Crippen molar-refractivity contribution in [1.82, 2.24) is 4.72 Å². The second-order valence-electron chi connectivity index (χ2n) is 4.01. The fourth-order valence-electron chi connectivity index (χ4n) is 1.01. The van der Waals surface area contributed by atoms with E-state index in [9.17, 15) is 21.4 Å². The van der Waals surface area contributed by atoms with E-state index >= 15 is 0 Å². The Morgan fingerprint density at radius 2 is 1.45 bits per heavy atom. The molecular weight excluding hydrogens is 297 g/mol. The minimum Gasteiger partial charge on any atom is -0.748 e. The van der Waals surface area contributed by atoms with E-state index in [1.807, 2.05) is 4.72 Å². The van der Waals surface area contributed by atoms with Gasteiger partial charge in [0.05, 0.1) is 22.1 Å². The number of rotatable bonds is 4. The summed E-state index contributed by atoms with van der Waals surface area (Å²) in [6.07, 6.45) is 0.879. The van der Waals surface area contributed by atoms with Crippen LogP contribution in [-0.4, -0.2) is 39.9 Å². The van der Waals surface area contributed by atoms with Gasteiger partial charge in [-0.3, -0.25) is 0 Å². The number of hydrogen-bond acceptors (Lipinski definition) is 5. The second-order valence-corrected chi connectivity index (χ2v) is 7.37. The topological polar surface area (TPSA) is 103 Å². The Balaban J connectivity index is 0. The largest absolute Gasteiger partial charge is 1.00 e. The van der Waals surface area contributed by atoms with Gasteiger partial charge in [0.1, 0.15) is 0 Å². The van der Waals surface area contributed by atoms with Crippen LogP contribution in [0.2, 0.25) is 0 Å². The third-order valence-corrected chi connectivity index (χ3v) is 3.57. The third-order valence-electron chi connectivity index (χ3n) is 2.14. The summed E-state index contributed by atoms with van der Waals surface area (Å²) in [5, 5.41) is 0. The average Bonchev–Trinajstić information content (AvgIpc) is 2.19. The summed E-state index contributed by atoms with van der Waals surface area (Å²) in [6, 6.07) is 8.36.